The van der Waals surface area contributed by atoms with Crippen molar-refractivity contribution < 1.29 is 4.79 Å². The Balaban J connectivity index is 2.49. The van der Waals surface area contributed by atoms with Crippen LogP contribution in [0.25, 0.3) is 0 Å². The third kappa shape index (κ3) is 3.02. The molecular formula is C12H18OS. The van der Waals surface area contributed by atoms with Crippen LogP contribution in [0.4, 0.5) is 0 Å². The highest BCUT2D eigenvalue weighted by Gasteiger charge is 2.23. The Bertz CT molecular complexity index is 243. The molecule has 0 aromatic carbocycles. The summed E-state index contributed by atoms with van der Waals surface area (Å²) >= 11 is 1.88. The number of Topliss-reactive ketones (excluding diaryl/α,β-unsaturated/α-hetero) is 1. The molecular weight excluding hydrogens is 192 g/mol. The van der Waals surface area contributed by atoms with Gasteiger partial charge in [-0.25, -0.2) is 0 Å². The molecule has 0 aromatic rings. The van der Waals surface area contributed by atoms with Crippen LogP contribution in [0, 0.1) is 0 Å². The van der Waals surface area contributed by atoms with Crippen LogP contribution in [0.1, 0.15) is 32.6 Å². The maximum Gasteiger partial charge on any atom is 0.159 e. The fourth-order valence-electron chi connectivity index (χ4n) is 1.65. The molecule has 0 amide bonds. The fraction of sp³-hybridized carbons (Fsp3) is 0.583. The third-order valence-electron chi connectivity index (χ3n) is 2.38. The largest absolute Gasteiger partial charge is 0.295 e. The molecule has 0 aromatic heterocycles. The van der Waals surface area contributed by atoms with E-state index in [4.69, 9.17) is 0 Å². The van der Waals surface area contributed by atoms with Crippen LogP contribution < -0.4 is 0 Å². The van der Waals surface area contributed by atoms with Crippen molar-refractivity contribution in [3.05, 3.63) is 24.3 Å². The molecule has 0 N–H and O–H groups in total. The van der Waals surface area contributed by atoms with Crippen LogP contribution in [0.3, 0.4) is 0 Å². The number of carbonyl (C=O) groups is 1. The smallest absolute Gasteiger partial charge is 0.159 e. The Labute approximate surface area is 90.7 Å². The SMILES string of the molecule is C=CCCC1SCC=C1C(=O)CCC. The van der Waals surface area contributed by atoms with Crippen molar-refractivity contribution >= 4 is 17.5 Å². The standard InChI is InChI=1S/C12H18OS/c1-3-5-7-12-10(8-9-14-12)11(13)6-4-2/h3,8,12H,1,4-7,9H2,2H3. The van der Waals surface area contributed by atoms with Crippen LogP contribution in [0.15, 0.2) is 24.3 Å². The zero-order valence-electron chi connectivity index (χ0n) is 8.79. The normalized spacial score (nSPS) is 20.6. The molecule has 0 aliphatic carbocycles. The lowest BCUT2D eigenvalue weighted by molar-refractivity contribution is -0.115. The summed E-state index contributed by atoms with van der Waals surface area (Å²) in [5.74, 6) is 1.36. The van der Waals surface area contributed by atoms with E-state index >= 15 is 0 Å². The number of rotatable bonds is 6. The summed E-state index contributed by atoms with van der Waals surface area (Å²) in [4.78, 5) is 11.7. The summed E-state index contributed by atoms with van der Waals surface area (Å²) in [6.07, 6.45) is 7.77. The zero-order valence-corrected chi connectivity index (χ0v) is 9.61. The maximum atomic E-state index is 11.7. The predicted octanol–water partition coefficient (Wildman–Crippen LogP) is 3.36. The first kappa shape index (κ1) is 11.6. The van der Waals surface area contributed by atoms with E-state index in [-0.39, 0.29) is 0 Å². The molecule has 0 saturated heterocycles. The molecule has 0 spiro atoms. The molecule has 1 atom stereocenters. The van der Waals surface area contributed by atoms with Crippen molar-refractivity contribution in [1.82, 2.24) is 0 Å². The van der Waals surface area contributed by atoms with Crippen molar-refractivity contribution in [2.75, 3.05) is 5.75 Å². The van der Waals surface area contributed by atoms with Crippen molar-refractivity contribution in [2.45, 2.75) is 37.9 Å². The van der Waals surface area contributed by atoms with Gasteiger partial charge in [0, 0.05) is 23.0 Å². The third-order valence-corrected chi connectivity index (χ3v) is 3.63. The van der Waals surface area contributed by atoms with Crippen molar-refractivity contribution in [3.63, 3.8) is 0 Å². The minimum absolute atomic E-state index is 0.353. The molecule has 0 fully saturated rings. The van der Waals surface area contributed by atoms with E-state index in [9.17, 15) is 4.79 Å². The molecule has 1 aliphatic heterocycles. The highest BCUT2D eigenvalue weighted by molar-refractivity contribution is 8.00. The van der Waals surface area contributed by atoms with Gasteiger partial charge in [0.05, 0.1) is 0 Å². The molecule has 78 valence electrons. The highest BCUT2D eigenvalue weighted by atomic mass is 32.2. The minimum Gasteiger partial charge on any atom is -0.295 e. The average molecular weight is 210 g/mol. The van der Waals surface area contributed by atoms with E-state index in [2.05, 4.69) is 19.6 Å². The molecule has 1 rings (SSSR count). The van der Waals surface area contributed by atoms with Gasteiger partial charge in [0.25, 0.3) is 0 Å². The summed E-state index contributed by atoms with van der Waals surface area (Å²) in [5, 5.41) is 0.437. The van der Waals surface area contributed by atoms with Crippen LogP contribution in [0.5, 0.6) is 0 Å². The molecule has 0 radical (unpaired) electrons. The second kappa shape index (κ2) is 6.07. The average Bonchev–Trinajstić information content (AvgIpc) is 2.63. The van der Waals surface area contributed by atoms with E-state index < -0.39 is 0 Å². The van der Waals surface area contributed by atoms with Crippen molar-refractivity contribution in [1.29, 1.82) is 0 Å². The predicted molar refractivity (Wildman–Crippen MR) is 63.7 cm³/mol. The number of thioether (sulfide) groups is 1. The summed E-state index contributed by atoms with van der Waals surface area (Å²) in [7, 11) is 0. The topological polar surface area (TPSA) is 17.1 Å². The maximum absolute atomic E-state index is 11.7. The first-order chi connectivity index (χ1) is 6.79. The summed E-state index contributed by atoms with van der Waals surface area (Å²) in [5.41, 5.74) is 1.07. The Hall–Kier alpha value is -0.500. The van der Waals surface area contributed by atoms with Crippen molar-refractivity contribution in [2.24, 2.45) is 0 Å². The Morgan fingerprint density at radius 2 is 2.57 bits per heavy atom. The molecule has 0 bridgehead atoms. The van der Waals surface area contributed by atoms with Gasteiger partial charge in [0.1, 0.15) is 0 Å². The second-order valence-corrected chi connectivity index (χ2v) is 4.76. The molecule has 1 heterocycles. The van der Waals surface area contributed by atoms with Gasteiger partial charge >= 0.3 is 0 Å². The quantitative estimate of drug-likeness (QED) is 0.625. The van der Waals surface area contributed by atoms with Gasteiger partial charge < -0.3 is 0 Å². The number of hydrogen-bond donors (Lipinski definition) is 0. The summed E-state index contributed by atoms with van der Waals surface area (Å²) in [6.45, 7) is 5.77. The first-order valence-corrected chi connectivity index (χ1v) is 6.30. The lowest BCUT2D eigenvalue weighted by Crippen LogP contribution is -2.11. The van der Waals surface area contributed by atoms with Crippen LogP contribution in [0.2, 0.25) is 0 Å². The zero-order chi connectivity index (χ0) is 10.4. The van der Waals surface area contributed by atoms with E-state index in [1.165, 1.54) is 0 Å². The van der Waals surface area contributed by atoms with E-state index in [1.807, 2.05) is 17.8 Å². The van der Waals surface area contributed by atoms with E-state index in [0.29, 0.717) is 17.5 Å². The number of carbonyl (C=O) groups excluding carboxylic acids is 1. The second-order valence-electron chi connectivity index (χ2n) is 3.52. The monoisotopic (exact) mass is 210 g/mol. The van der Waals surface area contributed by atoms with Gasteiger partial charge in [-0.15, -0.1) is 18.3 Å². The Morgan fingerprint density at radius 3 is 3.21 bits per heavy atom. The highest BCUT2D eigenvalue weighted by Crippen LogP contribution is 2.31. The van der Waals surface area contributed by atoms with Gasteiger partial charge in [0.15, 0.2) is 5.78 Å². The molecule has 1 unspecified atom stereocenters. The lowest BCUT2D eigenvalue weighted by atomic mass is 10.0. The number of ketones is 1. The van der Waals surface area contributed by atoms with E-state index in [0.717, 1.165) is 30.6 Å². The molecule has 1 aliphatic rings. The summed E-state index contributed by atoms with van der Waals surface area (Å²) < 4.78 is 0. The van der Waals surface area contributed by atoms with Gasteiger partial charge in [-0.3, -0.25) is 4.79 Å². The van der Waals surface area contributed by atoms with Crippen molar-refractivity contribution in [3.8, 4) is 0 Å². The van der Waals surface area contributed by atoms with E-state index in [1.54, 1.807) is 0 Å². The van der Waals surface area contributed by atoms with Gasteiger partial charge in [-0.2, -0.15) is 0 Å². The Kier molecular flexibility index (Phi) is 5.02. The fourth-order valence-corrected chi connectivity index (χ4v) is 2.87. The Morgan fingerprint density at radius 1 is 1.79 bits per heavy atom. The van der Waals surface area contributed by atoms with Gasteiger partial charge in [-0.1, -0.05) is 19.1 Å². The number of hydrogen-bond acceptors (Lipinski definition) is 2. The molecule has 1 nitrogen and oxygen atoms in total. The van der Waals surface area contributed by atoms with Crippen LogP contribution in [-0.4, -0.2) is 16.8 Å². The van der Waals surface area contributed by atoms with Gasteiger partial charge in [0.2, 0.25) is 0 Å². The minimum atomic E-state index is 0.353. The van der Waals surface area contributed by atoms with Gasteiger partial charge in [-0.05, 0) is 19.3 Å². The molecule has 0 saturated carbocycles. The molecule has 14 heavy (non-hydrogen) atoms. The lowest BCUT2D eigenvalue weighted by Gasteiger charge is -2.11. The molecule has 2 heteroatoms. The summed E-state index contributed by atoms with van der Waals surface area (Å²) in [6, 6.07) is 0. The van der Waals surface area contributed by atoms with Crippen LogP contribution >= 0.6 is 11.8 Å². The first-order valence-electron chi connectivity index (χ1n) is 5.25. The number of allylic oxidation sites excluding steroid dienone is 1. The van der Waals surface area contributed by atoms with Crippen LogP contribution in [-0.2, 0) is 4.79 Å².